The van der Waals surface area contributed by atoms with Gasteiger partial charge in [0.2, 0.25) is 6.79 Å². The molecule has 5 rings (SSSR count). The summed E-state index contributed by atoms with van der Waals surface area (Å²) >= 11 is 0. The first-order chi connectivity index (χ1) is 10.7. The van der Waals surface area contributed by atoms with Crippen LogP contribution in [0.15, 0.2) is 18.2 Å². The molecule has 5 nitrogen and oxygen atoms in total. The molecule has 0 atom stereocenters. The molecule has 0 unspecified atom stereocenters. The second-order valence-electron chi connectivity index (χ2n) is 6.44. The number of hydrogen-bond acceptors (Lipinski definition) is 4. The number of alkyl halides is 3. The lowest BCUT2D eigenvalue weighted by atomic mass is 9.37. The van der Waals surface area contributed by atoms with E-state index in [1.54, 1.807) is 18.2 Å². The van der Waals surface area contributed by atoms with E-state index in [-0.39, 0.29) is 31.8 Å². The van der Waals surface area contributed by atoms with Gasteiger partial charge in [-0.3, -0.25) is 9.59 Å². The zero-order valence-electron chi connectivity index (χ0n) is 11.8. The lowest BCUT2D eigenvalue weighted by Gasteiger charge is -2.69. The Bertz CT molecular complexity index is 708. The van der Waals surface area contributed by atoms with Crippen molar-refractivity contribution in [3.8, 4) is 11.5 Å². The molecule has 122 valence electrons. The van der Waals surface area contributed by atoms with Crippen molar-refractivity contribution in [1.82, 2.24) is 5.32 Å². The number of amides is 1. The van der Waals surface area contributed by atoms with E-state index < -0.39 is 23.0 Å². The predicted octanol–water partition coefficient (Wildman–Crippen LogP) is 2.20. The van der Waals surface area contributed by atoms with Crippen LogP contribution >= 0.6 is 0 Å². The van der Waals surface area contributed by atoms with E-state index in [0.29, 0.717) is 17.1 Å². The molecule has 4 aliphatic rings. The minimum Gasteiger partial charge on any atom is -0.454 e. The van der Waals surface area contributed by atoms with E-state index in [0.717, 1.165) is 0 Å². The van der Waals surface area contributed by atoms with E-state index in [4.69, 9.17) is 9.47 Å². The summed E-state index contributed by atoms with van der Waals surface area (Å²) in [6, 6.07) is 4.85. The average Bonchev–Trinajstić information content (AvgIpc) is 2.86. The van der Waals surface area contributed by atoms with Crippen LogP contribution in [0.2, 0.25) is 0 Å². The Morgan fingerprint density at radius 2 is 1.74 bits per heavy atom. The Morgan fingerprint density at radius 3 is 2.39 bits per heavy atom. The third-order valence-corrected chi connectivity index (χ3v) is 4.78. The largest absolute Gasteiger partial charge is 0.471 e. The van der Waals surface area contributed by atoms with Crippen molar-refractivity contribution in [3.05, 3.63) is 23.8 Å². The number of fused-ring (bicyclic) bond motifs is 1. The van der Waals surface area contributed by atoms with Crippen LogP contribution in [0.1, 0.15) is 29.6 Å². The summed E-state index contributed by atoms with van der Waals surface area (Å²) in [6.07, 6.45) is -4.16. The Morgan fingerprint density at radius 1 is 1.09 bits per heavy atom. The highest BCUT2D eigenvalue weighted by atomic mass is 19.4. The van der Waals surface area contributed by atoms with Gasteiger partial charge >= 0.3 is 12.1 Å². The molecule has 3 fully saturated rings. The van der Waals surface area contributed by atoms with E-state index in [1.165, 1.54) is 0 Å². The van der Waals surface area contributed by atoms with Gasteiger partial charge in [-0.25, -0.2) is 0 Å². The maximum absolute atomic E-state index is 12.6. The SMILES string of the molecule is O=C(NC12CC(C(=O)c3ccc4c(c3)OCO4)(C1)C2)C(F)(F)F. The molecule has 2 bridgehead atoms. The van der Waals surface area contributed by atoms with Gasteiger partial charge in [0, 0.05) is 16.5 Å². The van der Waals surface area contributed by atoms with Crippen LogP contribution in [0, 0.1) is 5.41 Å². The molecule has 0 spiro atoms. The molecule has 8 heteroatoms. The first kappa shape index (κ1) is 14.3. The molecule has 3 aliphatic carbocycles. The van der Waals surface area contributed by atoms with Crippen LogP contribution in [-0.4, -0.2) is 30.2 Å². The Labute approximate surface area is 128 Å². The normalized spacial score (nSPS) is 30.2. The second kappa shape index (κ2) is 4.18. The zero-order chi connectivity index (χ0) is 16.5. The summed E-state index contributed by atoms with van der Waals surface area (Å²) in [5.74, 6) is -1.02. The minimum atomic E-state index is -4.90. The van der Waals surface area contributed by atoms with Crippen molar-refractivity contribution < 1.29 is 32.2 Å². The summed E-state index contributed by atoms with van der Waals surface area (Å²) < 4.78 is 47.3. The number of ether oxygens (including phenoxy) is 2. The number of ketones is 1. The zero-order valence-corrected chi connectivity index (χ0v) is 11.8. The Hall–Kier alpha value is -2.25. The number of Topliss-reactive ketones (excluding diaryl/α,β-unsaturated/α-hetero) is 1. The van der Waals surface area contributed by atoms with E-state index in [2.05, 4.69) is 0 Å². The highest BCUT2D eigenvalue weighted by molar-refractivity contribution is 6.04. The smallest absolute Gasteiger partial charge is 0.454 e. The summed E-state index contributed by atoms with van der Waals surface area (Å²) in [5.41, 5.74) is -1.09. The van der Waals surface area contributed by atoms with Gasteiger partial charge in [-0.15, -0.1) is 0 Å². The molecule has 0 radical (unpaired) electrons. The number of carbonyl (C=O) groups is 2. The fourth-order valence-corrected chi connectivity index (χ4v) is 3.82. The standard InChI is InChI=1S/C15H12F3NO4/c16-15(17,18)12(21)19-14-4-13(5-14,6-14)11(20)8-1-2-9-10(3-8)23-7-22-9/h1-3H,4-7H2,(H,19,21). The van der Waals surface area contributed by atoms with Gasteiger partial charge in [-0.2, -0.15) is 13.2 Å². The van der Waals surface area contributed by atoms with Crippen molar-refractivity contribution in [3.63, 3.8) is 0 Å². The maximum atomic E-state index is 12.6. The third kappa shape index (κ3) is 2.00. The first-order valence-electron chi connectivity index (χ1n) is 7.07. The van der Waals surface area contributed by atoms with Gasteiger partial charge in [-0.05, 0) is 37.5 Å². The Kier molecular flexibility index (Phi) is 2.61. The molecule has 23 heavy (non-hydrogen) atoms. The summed E-state index contributed by atoms with van der Waals surface area (Å²) in [5, 5.41) is 2.01. The van der Waals surface area contributed by atoms with Crippen molar-refractivity contribution in [2.45, 2.75) is 31.0 Å². The van der Waals surface area contributed by atoms with Crippen LogP contribution in [-0.2, 0) is 4.79 Å². The van der Waals surface area contributed by atoms with Crippen LogP contribution in [0.25, 0.3) is 0 Å². The fraction of sp³-hybridized carbons (Fsp3) is 0.467. The fourth-order valence-electron chi connectivity index (χ4n) is 3.82. The van der Waals surface area contributed by atoms with Gasteiger partial charge in [0.15, 0.2) is 17.3 Å². The molecule has 1 amide bonds. The summed E-state index contributed by atoms with van der Waals surface area (Å²) in [4.78, 5) is 23.6. The van der Waals surface area contributed by atoms with Crippen molar-refractivity contribution in [2.75, 3.05) is 6.79 Å². The maximum Gasteiger partial charge on any atom is 0.471 e. The van der Waals surface area contributed by atoms with Crippen LogP contribution in [0.4, 0.5) is 13.2 Å². The molecule has 0 saturated heterocycles. The number of rotatable bonds is 3. The molecule has 1 aromatic rings. The topological polar surface area (TPSA) is 64.6 Å². The molecular weight excluding hydrogens is 315 g/mol. The average molecular weight is 327 g/mol. The molecule has 0 aromatic heterocycles. The second-order valence-corrected chi connectivity index (χ2v) is 6.44. The number of halogens is 3. The summed E-state index contributed by atoms with van der Waals surface area (Å²) in [7, 11) is 0. The van der Waals surface area contributed by atoms with Gasteiger partial charge in [0.1, 0.15) is 0 Å². The number of carbonyl (C=O) groups excluding carboxylic acids is 2. The highest BCUT2D eigenvalue weighted by Gasteiger charge is 2.72. The van der Waals surface area contributed by atoms with E-state index in [9.17, 15) is 22.8 Å². The number of nitrogens with one attached hydrogen (secondary N) is 1. The number of benzene rings is 1. The van der Waals surface area contributed by atoms with Gasteiger partial charge < -0.3 is 14.8 Å². The summed E-state index contributed by atoms with van der Waals surface area (Å²) in [6.45, 7) is 0.102. The Balaban J connectivity index is 1.44. The van der Waals surface area contributed by atoms with E-state index in [1.807, 2.05) is 5.32 Å². The van der Waals surface area contributed by atoms with Gasteiger partial charge in [0.05, 0.1) is 0 Å². The van der Waals surface area contributed by atoms with Gasteiger partial charge in [-0.1, -0.05) is 0 Å². The van der Waals surface area contributed by atoms with E-state index >= 15 is 0 Å². The third-order valence-electron chi connectivity index (χ3n) is 4.78. The molecule has 3 saturated carbocycles. The lowest BCUT2D eigenvalue weighted by molar-refractivity contribution is -0.188. The van der Waals surface area contributed by atoms with Crippen LogP contribution in [0.3, 0.4) is 0 Å². The molecular formula is C15H12F3NO4. The number of hydrogen-bond donors (Lipinski definition) is 1. The van der Waals surface area contributed by atoms with Crippen LogP contribution in [0.5, 0.6) is 11.5 Å². The molecule has 1 aliphatic heterocycles. The lowest BCUT2D eigenvalue weighted by Crippen LogP contribution is -2.77. The van der Waals surface area contributed by atoms with Crippen LogP contribution < -0.4 is 14.8 Å². The quantitative estimate of drug-likeness (QED) is 0.865. The van der Waals surface area contributed by atoms with Crippen molar-refractivity contribution in [1.29, 1.82) is 0 Å². The van der Waals surface area contributed by atoms with Crippen molar-refractivity contribution >= 4 is 11.7 Å². The highest BCUT2D eigenvalue weighted by Crippen LogP contribution is 2.68. The minimum absolute atomic E-state index is 0.102. The molecule has 1 N–H and O–H groups in total. The first-order valence-corrected chi connectivity index (χ1v) is 7.07. The van der Waals surface area contributed by atoms with Crippen molar-refractivity contribution in [2.24, 2.45) is 5.41 Å². The van der Waals surface area contributed by atoms with Gasteiger partial charge in [0.25, 0.3) is 0 Å². The predicted molar refractivity (Wildman–Crippen MR) is 70.1 cm³/mol. The molecule has 1 aromatic carbocycles. The monoisotopic (exact) mass is 327 g/mol. The molecule has 1 heterocycles.